The molecular weight excluding hydrogens is 282 g/mol. The Kier molecular flexibility index (Phi) is 7.65. The van der Waals surface area contributed by atoms with Crippen LogP contribution in [-0.4, -0.2) is 51.4 Å². The van der Waals surface area contributed by atoms with Gasteiger partial charge in [0.15, 0.2) is 5.96 Å². The minimum absolute atomic E-state index is 0.163. The minimum atomic E-state index is -0.223. The molecule has 2 N–H and O–H groups in total. The van der Waals surface area contributed by atoms with Crippen molar-refractivity contribution in [2.75, 3.05) is 27.3 Å². The van der Waals surface area contributed by atoms with Crippen LogP contribution >= 0.6 is 0 Å². The zero-order valence-corrected chi connectivity index (χ0v) is 14.6. The average Bonchev–Trinajstić information content (AvgIpc) is 2.53. The van der Waals surface area contributed by atoms with E-state index in [4.69, 9.17) is 4.74 Å². The smallest absolute Gasteiger partial charge is 0.307 e. The Bertz CT molecular complexity index is 381. The molecule has 0 spiro atoms. The molecule has 128 valence electrons. The molecule has 1 aliphatic rings. The monoisotopic (exact) mass is 313 g/mol. The van der Waals surface area contributed by atoms with Gasteiger partial charge >= 0.3 is 5.97 Å². The van der Waals surface area contributed by atoms with Gasteiger partial charge in [0.1, 0.15) is 0 Å². The second-order valence-corrected chi connectivity index (χ2v) is 5.64. The Labute approximate surface area is 134 Å². The van der Waals surface area contributed by atoms with Crippen molar-refractivity contribution < 1.29 is 14.3 Å². The molecule has 6 heteroatoms. The van der Waals surface area contributed by atoms with Crippen molar-refractivity contribution in [1.29, 1.82) is 0 Å². The lowest BCUT2D eigenvalue weighted by molar-refractivity contribution is -0.140. The van der Waals surface area contributed by atoms with Crippen molar-refractivity contribution in [3.63, 3.8) is 0 Å². The maximum Gasteiger partial charge on any atom is 0.307 e. The van der Waals surface area contributed by atoms with Crippen LogP contribution in [0.5, 0.6) is 0 Å². The van der Waals surface area contributed by atoms with E-state index >= 15 is 0 Å². The van der Waals surface area contributed by atoms with Crippen LogP contribution in [0.25, 0.3) is 0 Å². The van der Waals surface area contributed by atoms with E-state index in [1.165, 1.54) is 7.11 Å². The molecule has 0 aromatic heterocycles. The van der Waals surface area contributed by atoms with Gasteiger partial charge in [-0.3, -0.25) is 9.79 Å². The van der Waals surface area contributed by atoms with Gasteiger partial charge < -0.3 is 20.1 Å². The third kappa shape index (κ3) is 4.12. The van der Waals surface area contributed by atoms with Gasteiger partial charge in [0.25, 0.3) is 0 Å². The van der Waals surface area contributed by atoms with Gasteiger partial charge in [-0.25, -0.2) is 0 Å². The van der Waals surface area contributed by atoms with Gasteiger partial charge in [0.2, 0.25) is 0 Å². The van der Waals surface area contributed by atoms with Gasteiger partial charge in [0, 0.05) is 31.7 Å². The number of ether oxygens (including phenoxy) is 2. The van der Waals surface area contributed by atoms with Crippen LogP contribution < -0.4 is 10.6 Å². The molecule has 0 saturated heterocycles. The molecule has 2 unspecified atom stereocenters. The molecule has 1 saturated carbocycles. The summed E-state index contributed by atoms with van der Waals surface area (Å²) in [6.07, 6.45) is 3.79. The number of guanidine groups is 1. The molecule has 22 heavy (non-hydrogen) atoms. The first-order chi connectivity index (χ1) is 10.6. The zero-order chi connectivity index (χ0) is 16.6. The summed E-state index contributed by atoms with van der Waals surface area (Å²) in [5.74, 6) is 0.509. The number of esters is 1. The number of hydrogen-bond acceptors (Lipinski definition) is 4. The fourth-order valence-electron chi connectivity index (χ4n) is 3.33. The average molecular weight is 313 g/mol. The summed E-state index contributed by atoms with van der Waals surface area (Å²) in [5, 5.41) is 6.65. The van der Waals surface area contributed by atoms with Crippen molar-refractivity contribution in [2.45, 2.75) is 58.6 Å². The van der Waals surface area contributed by atoms with Crippen molar-refractivity contribution in [3.8, 4) is 0 Å². The summed E-state index contributed by atoms with van der Waals surface area (Å²) in [6.45, 7) is 7.75. The summed E-state index contributed by atoms with van der Waals surface area (Å²) in [7, 11) is 3.14. The molecule has 0 amide bonds. The molecule has 2 atom stereocenters. The maximum atomic E-state index is 11.1. The van der Waals surface area contributed by atoms with Crippen LogP contribution in [-0.2, 0) is 14.3 Å². The highest BCUT2D eigenvalue weighted by Gasteiger charge is 2.53. The molecule has 1 aliphatic carbocycles. The number of aliphatic imine (C=N–C) groups is 1. The number of nitrogens with zero attached hydrogens (tertiary/aromatic N) is 1. The third-order valence-corrected chi connectivity index (χ3v) is 4.85. The molecule has 1 rings (SSSR count). The standard InChI is InChI=1S/C16H31N3O3/c1-6-16(7-2)12(11-13(16)22-8-3)19-15(17-4)18-10-9-14(20)21-5/h12-13H,6-11H2,1-5H3,(H2,17,18,19). The van der Waals surface area contributed by atoms with E-state index in [9.17, 15) is 4.79 Å². The van der Waals surface area contributed by atoms with Gasteiger partial charge in [-0.05, 0) is 26.2 Å². The third-order valence-electron chi connectivity index (χ3n) is 4.85. The molecule has 0 heterocycles. The summed E-state index contributed by atoms with van der Waals surface area (Å²) in [5.41, 5.74) is 0.163. The summed E-state index contributed by atoms with van der Waals surface area (Å²) < 4.78 is 10.5. The molecule has 0 bridgehead atoms. The van der Waals surface area contributed by atoms with Crippen LogP contribution in [0.15, 0.2) is 4.99 Å². The minimum Gasteiger partial charge on any atom is -0.469 e. The second kappa shape index (κ2) is 8.98. The van der Waals surface area contributed by atoms with E-state index in [1.54, 1.807) is 7.05 Å². The van der Waals surface area contributed by atoms with Gasteiger partial charge in [-0.2, -0.15) is 0 Å². The number of carbonyl (C=O) groups excluding carboxylic acids is 1. The van der Waals surface area contributed by atoms with Crippen LogP contribution in [0.2, 0.25) is 0 Å². The van der Waals surface area contributed by atoms with Crippen molar-refractivity contribution >= 4 is 11.9 Å². The fourth-order valence-corrected chi connectivity index (χ4v) is 3.33. The first-order valence-corrected chi connectivity index (χ1v) is 8.23. The highest BCUT2D eigenvalue weighted by molar-refractivity contribution is 5.80. The Balaban J connectivity index is 2.54. The molecule has 0 radical (unpaired) electrons. The van der Waals surface area contributed by atoms with E-state index in [-0.39, 0.29) is 11.4 Å². The Hall–Kier alpha value is -1.30. The first-order valence-electron chi connectivity index (χ1n) is 8.23. The van der Waals surface area contributed by atoms with Crippen LogP contribution in [0, 0.1) is 5.41 Å². The van der Waals surface area contributed by atoms with Crippen LogP contribution in [0.1, 0.15) is 46.5 Å². The van der Waals surface area contributed by atoms with Crippen molar-refractivity contribution in [3.05, 3.63) is 0 Å². The SMILES string of the molecule is CCOC1CC(NC(=NC)NCCC(=O)OC)C1(CC)CC. The number of rotatable bonds is 8. The molecule has 1 fully saturated rings. The predicted molar refractivity (Wildman–Crippen MR) is 88.0 cm³/mol. The highest BCUT2D eigenvalue weighted by atomic mass is 16.5. The highest BCUT2D eigenvalue weighted by Crippen LogP contribution is 2.48. The van der Waals surface area contributed by atoms with Gasteiger partial charge in [-0.15, -0.1) is 0 Å². The number of nitrogens with one attached hydrogen (secondary N) is 2. The number of hydrogen-bond donors (Lipinski definition) is 2. The van der Waals surface area contributed by atoms with E-state index in [1.807, 2.05) is 6.92 Å². The normalized spacial score (nSPS) is 23.6. The van der Waals surface area contributed by atoms with Gasteiger partial charge in [-0.1, -0.05) is 13.8 Å². The lowest BCUT2D eigenvalue weighted by atomic mass is 9.58. The number of methoxy groups -OCH3 is 1. The van der Waals surface area contributed by atoms with Crippen molar-refractivity contribution in [1.82, 2.24) is 10.6 Å². The molecule has 0 aromatic carbocycles. The number of carbonyl (C=O) groups is 1. The topological polar surface area (TPSA) is 72.0 Å². The Morgan fingerprint density at radius 3 is 2.50 bits per heavy atom. The Morgan fingerprint density at radius 1 is 1.32 bits per heavy atom. The largest absolute Gasteiger partial charge is 0.469 e. The van der Waals surface area contributed by atoms with Crippen LogP contribution in [0.3, 0.4) is 0 Å². The summed E-state index contributed by atoms with van der Waals surface area (Å²) in [4.78, 5) is 15.4. The van der Waals surface area contributed by atoms with Crippen LogP contribution in [0.4, 0.5) is 0 Å². The van der Waals surface area contributed by atoms with E-state index < -0.39 is 0 Å². The fraction of sp³-hybridized carbons (Fsp3) is 0.875. The Morgan fingerprint density at radius 2 is 2.00 bits per heavy atom. The predicted octanol–water partition coefficient (Wildman–Crippen LogP) is 1.70. The maximum absolute atomic E-state index is 11.1. The lowest BCUT2D eigenvalue weighted by Crippen LogP contribution is -2.65. The zero-order valence-electron chi connectivity index (χ0n) is 14.6. The quantitative estimate of drug-likeness (QED) is 0.405. The molecule has 6 nitrogen and oxygen atoms in total. The molecule has 0 aliphatic heterocycles. The van der Waals surface area contributed by atoms with E-state index in [0.29, 0.717) is 25.1 Å². The first kappa shape index (κ1) is 18.7. The lowest BCUT2D eigenvalue weighted by Gasteiger charge is -2.55. The summed E-state index contributed by atoms with van der Waals surface area (Å²) >= 11 is 0. The molecular formula is C16H31N3O3. The van der Waals surface area contributed by atoms with Crippen molar-refractivity contribution in [2.24, 2.45) is 10.4 Å². The second-order valence-electron chi connectivity index (χ2n) is 5.64. The summed E-state index contributed by atoms with van der Waals surface area (Å²) in [6, 6.07) is 0.350. The van der Waals surface area contributed by atoms with E-state index in [0.717, 1.165) is 31.8 Å². The molecule has 0 aromatic rings. The van der Waals surface area contributed by atoms with Gasteiger partial charge in [0.05, 0.1) is 19.6 Å². The van der Waals surface area contributed by atoms with E-state index in [2.05, 4.69) is 34.2 Å².